The summed E-state index contributed by atoms with van der Waals surface area (Å²) in [6.45, 7) is 0. The summed E-state index contributed by atoms with van der Waals surface area (Å²) in [5.41, 5.74) is 3.14. The van der Waals surface area contributed by atoms with Crippen LogP contribution in [0.3, 0.4) is 0 Å². The molecule has 0 aromatic carbocycles. The van der Waals surface area contributed by atoms with Crippen LogP contribution in [0.4, 0.5) is 10.9 Å². The molecule has 0 bridgehead atoms. The van der Waals surface area contributed by atoms with Gasteiger partial charge in [-0.2, -0.15) is 0 Å². The van der Waals surface area contributed by atoms with Crippen LogP contribution in [0.5, 0.6) is 0 Å². The Kier molecular flexibility index (Phi) is 4.03. The molecule has 0 saturated heterocycles. The van der Waals surface area contributed by atoms with Crippen molar-refractivity contribution in [2.24, 2.45) is 0 Å². The van der Waals surface area contributed by atoms with Crippen LogP contribution in [-0.4, -0.2) is 15.0 Å². The fraction of sp³-hybridized carbons (Fsp3) is 0.278. The van der Waals surface area contributed by atoms with Crippen LogP contribution in [0.1, 0.15) is 37.2 Å². The van der Waals surface area contributed by atoms with Gasteiger partial charge in [0.15, 0.2) is 5.13 Å². The van der Waals surface area contributed by atoms with Crippen molar-refractivity contribution in [2.45, 2.75) is 31.6 Å². The molecule has 1 N–H and O–H groups in total. The maximum atomic E-state index is 4.58. The number of rotatable bonds is 4. The summed E-state index contributed by atoms with van der Waals surface area (Å²) in [5, 5.41) is 6.13. The van der Waals surface area contributed by atoms with E-state index in [0.29, 0.717) is 5.92 Å². The third-order valence-electron chi connectivity index (χ3n) is 4.28. The first kappa shape index (κ1) is 14.3. The second-order valence-corrected chi connectivity index (χ2v) is 6.69. The average Bonchev–Trinajstić information content (AvgIpc) is 3.28. The highest BCUT2D eigenvalue weighted by Crippen LogP contribution is 2.34. The third-order valence-corrected chi connectivity index (χ3v) is 5.04. The van der Waals surface area contributed by atoms with Crippen molar-refractivity contribution < 1.29 is 0 Å². The molecule has 3 heterocycles. The fourth-order valence-electron chi connectivity index (χ4n) is 3.05. The van der Waals surface area contributed by atoms with Gasteiger partial charge in [-0.1, -0.05) is 25.0 Å². The van der Waals surface area contributed by atoms with Crippen molar-refractivity contribution in [2.75, 3.05) is 5.32 Å². The molecule has 3 aromatic heterocycles. The van der Waals surface area contributed by atoms with Gasteiger partial charge in [0.25, 0.3) is 0 Å². The maximum Gasteiger partial charge on any atom is 0.188 e. The molecule has 0 atom stereocenters. The minimum absolute atomic E-state index is 0.701. The second kappa shape index (κ2) is 6.46. The number of hydrogen-bond donors (Lipinski definition) is 1. The summed E-state index contributed by atoms with van der Waals surface area (Å²) in [5.74, 6) is 1.54. The third kappa shape index (κ3) is 3.24. The van der Waals surface area contributed by atoms with Crippen LogP contribution in [0, 0.1) is 0 Å². The average molecular weight is 322 g/mol. The Hall–Kier alpha value is -2.27. The number of hydrogen-bond acceptors (Lipinski definition) is 5. The van der Waals surface area contributed by atoms with E-state index in [-0.39, 0.29) is 0 Å². The van der Waals surface area contributed by atoms with Crippen LogP contribution >= 0.6 is 11.3 Å². The molecule has 5 heteroatoms. The van der Waals surface area contributed by atoms with Gasteiger partial charge in [-0.25, -0.2) is 9.97 Å². The van der Waals surface area contributed by atoms with Crippen LogP contribution in [0.2, 0.25) is 0 Å². The van der Waals surface area contributed by atoms with E-state index in [2.05, 4.69) is 32.4 Å². The highest BCUT2D eigenvalue weighted by molar-refractivity contribution is 7.14. The van der Waals surface area contributed by atoms with Crippen molar-refractivity contribution >= 4 is 22.3 Å². The normalized spacial score (nSPS) is 15.0. The van der Waals surface area contributed by atoms with Crippen molar-refractivity contribution in [3.05, 3.63) is 53.7 Å². The Morgan fingerprint density at radius 2 is 1.91 bits per heavy atom. The van der Waals surface area contributed by atoms with E-state index >= 15 is 0 Å². The monoisotopic (exact) mass is 322 g/mol. The maximum absolute atomic E-state index is 4.58. The lowest BCUT2D eigenvalue weighted by Crippen LogP contribution is -1.97. The molecule has 3 aromatic rings. The minimum Gasteiger partial charge on any atom is -0.316 e. The number of nitrogens with one attached hydrogen (secondary N) is 1. The lowest BCUT2D eigenvalue weighted by Gasteiger charge is -2.09. The van der Waals surface area contributed by atoms with Gasteiger partial charge in [0.2, 0.25) is 0 Å². The zero-order valence-electron chi connectivity index (χ0n) is 12.8. The van der Waals surface area contributed by atoms with Gasteiger partial charge in [-0.3, -0.25) is 4.98 Å². The van der Waals surface area contributed by atoms with E-state index in [9.17, 15) is 0 Å². The van der Waals surface area contributed by atoms with Gasteiger partial charge < -0.3 is 5.32 Å². The summed E-state index contributed by atoms with van der Waals surface area (Å²) in [4.78, 5) is 13.4. The summed E-state index contributed by atoms with van der Waals surface area (Å²) in [6.07, 6.45) is 9.08. The zero-order chi connectivity index (χ0) is 15.5. The molecule has 116 valence electrons. The zero-order valence-corrected chi connectivity index (χ0v) is 13.6. The number of anilines is 2. The van der Waals surface area contributed by atoms with Crippen molar-refractivity contribution in [3.63, 3.8) is 0 Å². The Balaban J connectivity index is 1.47. The van der Waals surface area contributed by atoms with Crippen LogP contribution in [-0.2, 0) is 0 Å². The lowest BCUT2D eigenvalue weighted by atomic mass is 10.00. The summed E-state index contributed by atoms with van der Waals surface area (Å²) < 4.78 is 0. The highest BCUT2D eigenvalue weighted by Gasteiger charge is 2.17. The van der Waals surface area contributed by atoms with Crippen molar-refractivity contribution in [1.82, 2.24) is 15.0 Å². The summed E-state index contributed by atoms with van der Waals surface area (Å²) in [7, 11) is 0. The van der Waals surface area contributed by atoms with E-state index in [1.165, 1.54) is 31.2 Å². The first-order valence-corrected chi connectivity index (χ1v) is 8.86. The Morgan fingerprint density at radius 1 is 1.00 bits per heavy atom. The Bertz CT molecular complexity index is 761. The molecule has 0 amide bonds. The smallest absolute Gasteiger partial charge is 0.188 e. The standard InChI is InChI=1S/C18H18N4S/c1-2-6-13(5-1)14-8-9-17(20-11-14)22-18-21-16(12-23-18)15-7-3-4-10-19-15/h3-4,7-13H,1-2,5-6H2,(H,20,21,22). The molecule has 4 nitrogen and oxygen atoms in total. The molecule has 0 radical (unpaired) electrons. The summed E-state index contributed by atoms with van der Waals surface area (Å²) >= 11 is 1.57. The molecule has 1 aliphatic rings. The predicted molar refractivity (Wildman–Crippen MR) is 94.1 cm³/mol. The van der Waals surface area contributed by atoms with E-state index in [4.69, 9.17) is 0 Å². The first-order chi connectivity index (χ1) is 11.4. The minimum atomic E-state index is 0.701. The topological polar surface area (TPSA) is 50.7 Å². The molecule has 1 saturated carbocycles. The molecule has 4 rings (SSSR count). The van der Waals surface area contributed by atoms with Gasteiger partial charge >= 0.3 is 0 Å². The molecule has 1 aliphatic carbocycles. The quantitative estimate of drug-likeness (QED) is 0.734. The van der Waals surface area contributed by atoms with Gasteiger partial charge in [0, 0.05) is 17.8 Å². The van der Waals surface area contributed by atoms with Gasteiger partial charge in [-0.15, -0.1) is 11.3 Å². The van der Waals surface area contributed by atoms with E-state index in [1.54, 1.807) is 17.5 Å². The fourth-order valence-corrected chi connectivity index (χ4v) is 3.76. The van der Waals surface area contributed by atoms with Gasteiger partial charge in [-0.05, 0) is 42.5 Å². The van der Waals surface area contributed by atoms with Crippen molar-refractivity contribution in [3.8, 4) is 11.4 Å². The Labute approximate surface area is 139 Å². The molecule has 0 aliphatic heterocycles. The highest BCUT2D eigenvalue weighted by atomic mass is 32.1. The molecule has 0 unspecified atom stereocenters. The molecular weight excluding hydrogens is 304 g/mol. The van der Waals surface area contributed by atoms with Crippen molar-refractivity contribution in [1.29, 1.82) is 0 Å². The SMILES string of the molecule is c1ccc(-c2csc(Nc3ccc(C4CCCC4)cn3)n2)nc1. The van der Waals surface area contributed by atoms with Crippen LogP contribution in [0.15, 0.2) is 48.1 Å². The van der Waals surface area contributed by atoms with E-state index in [1.807, 2.05) is 29.8 Å². The molecule has 23 heavy (non-hydrogen) atoms. The summed E-state index contributed by atoms with van der Waals surface area (Å²) in [6, 6.07) is 10.1. The van der Waals surface area contributed by atoms with Crippen LogP contribution < -0.4 is 5.32 Å². The lowest BCUT2D eigenvalue weighted by molar-refractivity contribution is 0.719. The first-order valence-electron chi connectivity index (χ1n) is 7.98. The number of pyridine rings is 2. The number of thiazole rings is 1. The predicted octanol–water partition coefficient (Wildman–Crippen LogP) is 5.00. The largest absolute Gasteiger partial charge is 0.316 e. The molecule has 1 fully saturated rings. The van der Waals surface area contributed by atoms with Gasteiger partial charge in [0.1, 0.15) is 11.5 Å². The number of nitrogens with zero attached hydrogens (tertiary/aromatic N) is 3. The molecular formula is C18H18N4S. The second-order valence-electron chi connectivity index (χ2n) is 5.84. The molecule has 0 spiro atoms. The van der Waals surface area contributed by atoms with E-state index in [0.717, 1.165) is 22.3 Å². The van der Waals surface area contributed by atoms with Gasteiger partial charge in [0.05, 0.1) is 5.69 Å². The Morgan fingerprint density at radius 3 is 2.65 bits per heavy atom. The van der Waals surface area contributed by atoms with Crippen LogP contribution in [0.25, 0.3) is 11.4 Å². The van der Waals surface area contributed by atoms with E-state index < -0.39 is 0 Å². The number of aromatic nitrogens is 3.